The van der Waals surface area contributed by atoms with Crippen molar-refractivity contribution in [2.45, 2.75) is 25.8 Å². The van der Waals surface area contributed by atoms with Crippen molar-refractivity contribution in [2.75, 3.05) is 0 Å². The van der Waals surface area contributed by atoms with Gasteiger partial charge in [-0.3, -0.25) is 14.4 Å². The number of hydrogen-bond acceptors (Lipinski definition) is 3. The van der Waals surface area contributed by atoms with Crippen molar-refractivity contribution >= 4 is 22.6 Å². The van der Waals surface area contributed by atoms with Crippen LogP contribution in [-0.2, 0) is 4.79 Å². The van der Waals surface area contributed by atoms with Crippen LogP contribution < -0.4 is 10.9 Å². The Labute approximate surface area is 120 Å². The summed E-state index contributed by atoms with van der Waals surface area (Å²) in [5.41, 5.74) is -0.216. The molecule has 0 aliphatic rings. The van der Waals surface area contributed by atoms with Crippen LogP contribution in [0.4, 0.5) is 0 Å². The molecular formula is C15H16N2O4. The number of aliphatic carboxylic acids is 1. The number of hydrogen-bond donors (Lipinski definition) is 3. The molecule has 0 saturated carbocycles. The van der Waals surface area contributed by atoms with Gasteiger partial charge in [-0.1, -0.05) is 25.1 Å². The minimum absolute atomic E-state index is 0.127. The van der Waals surface area contributed by atoms with E-state index in [1.54, 1.807) is 37.3 Å². The van der Waals surface area contributed by atoms with Crippen LogP contribution in [0.2, 0.25) is 0 Å². The van der Waals surface area contributed by atoms with Gasteiger partial charge in [-0.05, 0) is 23.9 Å². The lowest BCUT2D eigenvalue weighted by molar-refractivity contribution is -0.137. The lowest BCUT2D eigenvalue weighted by Crippen LogP contribution is -2.37. The summed E-state index contributed by atoms with van der Waals surface area (Å²) in [7, 11) is 0. The molecule has 1 amide bonds. The van der Waals surface area contributed by atoms with Crippen LogP contribution >= 0.6 is 0 Å². The van der Waals surface area contributed by atoms with Gasteiger partial charge in [0.25, 0.3) is 11.5 Å². The molecule has 21 heavy (non-hydrogen) atoms. The summed E-state index contributed by atoms with van der Waals surface area (Å²) in [5, 5.41) is 12.6. The van der Waals surface area contributed by atoms with Crippen molar-refractivity contribution in [3.05, 3.63) is 46.4 Å². The fourth-order valence-electron chi connectivity index (χ4n) is 2.10. The van der Waals surface area contributed by atoms with Crippen molar-refractivity contribution in [3.63, 3.8) is 0 Å². The minimum atomic E-state index is -0.978. The maximum Gasteiger partial charge on any atom is 0.305 e. The lowest BCUT2D eigenvalue weighted by Gasteiger charge is -2.14. The van der Waals surface area contributed by atoms with E-state index in [-0.39, 0.29) is 17.7 Å². The second-order valence-electron chi connectivity index (χ2n) is 4.78. The first-order valence-electron chi connectivity index (χ1n) is 6.66. The SMILES string of the molecule is CCC(CC(=O)O)NC(=O)c1cc2ccccc2c(=O)[nH]1. The Hall–Kier alpha value is -2.63. The van der Waals surface area contributed by atoms with Gasteiger partial charge >= 0.3 is 5.97 Å². The zero-order valence-corrected chi connectivity index (χ0v) is 11.6. The zero-order chi connectivity index (χ0) is 15.4. The number of H-pyrrole nitrogens is 1. The first-order chi connectivity index (χ1) is 10.0. The average Bonchev–Trinajstić information content (AvgIpc) is 2.46. The van der Waals surface area contributed by atoms with Crippen molar-refractivity contribution in [3.8, 4) is 0 Å². The van der Waals surface area contributed by atoms with E-state index in [9.17, 15) is 14.4 Å². The van der Waals surface area contributed by atoms with Gasteiger partial charge in [0.15, 0.2) is 0 Å². The van der Waals surface area contributed by atoms with E-state index in [0.717, 1.165) is 0 Å². The Morgan fingerprint density at radius 1 is 1.33 bits per heavy atom. The Kier molecular flexibility index (Phi) is 4.37. The molecule has 1 aromatic heterocycles. The number of amides is 1. The number of aromatic amines is 1. The van der Waals surface area contributed by atoms with Gasteiger partial charge in [0.1, 0.15) is 5.69 Å². The molecule has 0 radical (unpaired) electrons. The van der Waals surface area contributed by atoms with E-state index >= 15 is 0 Å². The normalized spacial score (nSPS) is 12.0. The molecule has 6 nitrogen and oxygen atoms in total. The fraction of sp³-hybridized carbons (Fsp3) is 0.267. The molecule has 110 valence electrons. The van der Waals surface area contributed by atoms with E-state index in [1.807, 2.05) is 0 Å². The number of carboxylic acid groups (broad SMARTS) is 1. The molecular weight excluding hydrogens is 272 g/mol. The van der Waals surface area contributed by atoms with Crippen molar-refractivity contribution < 1.29 is 14.7 Å². The molecule has 0 bridgehead atoms. The maximum atomic E-state index is 12.1. The van der Waals surface area contributed by atoms with E-state index in [4.69, 9.17) is 5.11 Å². The molecule has 1 atom stereocenters. The van der Waals surface area contributed by atoms with Crippen molar-refractivity contribution in [1.29, 1.82) is 0 Å². The van der Waals surface area contributed by atoms with Gasteiger partial charge in [-0.2, -0.15) is 0 Å². The number of nitrogens with one attached hydrogen (secondary N) is 2. The van der Waals surface area contributed by atoms with Gasteiger partial charge in [0.2, 0.25) is 0 Å². The Morgan fingerprint density at radius 2 is 2.05 bits per heavy atom. The molecule has 2 rings (SSSR count). The number of pyridine rings is 1. The van der Waals surface area contributed by atoms with E-state index in [2.05, 4.69) is 10.3 Å². The van der Waals surface area contributed by atoms with E-state index in [1.165, 1.54) is 0 Å². The monoisotopic (exact) mass is 288 g/mol. The van der Waals surface area contributed by atoms with E-state index in [0.29, 0.717) is 17.2 Å². The largest absolute Gasteiger partial charge is 0.481 e. The second-order valence-corrected chi connectivity index (χ2v) is 4.78. The summed E-state index contributed by atoms with van der Waals surface area (Å²) in [6, 6.07) is 8.06. The van der Waals surface area contributed by atoms with Gasteiger partial charge < -0.3 is 15.4 Å². The standard InChI is InChI=1S/C15H16N2O4/c1-2-10(8-13(18)19)16-15(21)12-7-9-5-3-4-6-11(9)14(20)17-12/h3-7,10H,2,8H2,1H3,(H,16,21)(H,17,20)(H,18,19). The molecule has 1 aromatic carbocycles. The molecule has 0 saturated heterocycles. The molecule has 1 heterocycles. The summed E-state index contributed by atoms with van der Waals surface area (Å²) in [6.45, 7) is 1.79. The van der Waals surface area contributed by atoms with E-state index < -0.39 is 17.9 Å². The average molecular weight is 288 g/mol. The zero-order valence-electron chi connectivity index (χ0n) is 11.6. The number of carbonyl (C=O) groups is 2. The number of rotatable bonds is 5. The number of carbonyl (C=O) groups excluding carboxylic acids is 1. The molecule has 0 spiro atoms. The van der Waals surface area contributed by atoms with Gasteiger partial charge in [-0.25, -0.2) is 0 Å². The third-order valence-electron chi connectivity index (χ3n) is 3.25. The second kappa shape index (κ2) is 6.21. The molecule has 0 aliphatic heterocycles. The Bertz CT molecular complexity index is 736. The maximum absolute atomic E-state index is 12.1. The highest BCUT2D eigenvalue weighted by Gasteiger charge is 2.16. The van der Waals surface area contributed by atoms with Gasteiger partial charge in [0, 0.05) is 11.4 Å². The first-order valence-corrected chi connectivity index (χ1v) is 6.66. The third-order valence-corrected chi connectivity index (χ3v) is 3.25. The Morgan fingerprint density at radius 3 is 2.71 bits per heavy atom. The van der Waals surface area contributed by atoms with Gasteiger partial charge in [0.05, 0.1) is 6.42 Å². The number of aromatic nitrogens is 1. The van der Waals surface area contributed by atoms with Crippen LogP contribution in [0.5, 0.6) is 0 Å². The number of fused-ring (bicyclic) bond motifs is 1. The fourth-order valence-corrected chi connectivity index (χ4v) is 2.10. The summed E-state index contributed by atoms with van der Waals surface area (Å²) in [5.74, 6) is -1.46. The Balaban J connectivity index is 2.27. The topological polar surface area (TPSA) is 99.3 Å². The summed E-state index contributed by atoms with van der Waals surface area (Å²) in [4.78, 5) is 37.2. The number of carboxylic acids is 1. The summed E-state index contributed by atoms with van der Waals surface area (Å²) >= 11 is 0. The predicted molar refractivity (Wildman–Crippen MR) is 78.4 cm³/mol. The highest BCUT2D eigenvalue weighted by molar-refractivity contribution is 5.96. The molecule has 3 N–H and O–H groups in total. The highest BCUT2D eigenvalue weighted by atomic mass is 16.4. The quantitative estimate of drug-likeness (QED) is 0.776. The molecule has 0 fully saturated rings. The summed E-state index contributed by atoms with van der Waals surface area (Å²) < 4.78 is 0. The first kappa shape index (κ1) is 14.8. The highest BCUT2D eigenvalue weighted by Crippen LogP contribution is 2.10. The van der Waals surface area contributed by atoms with Crippen LogP contribution in [0.25, 0.3) is 10.8 Å². The van der Waals surface area contributed by atoms with Crippen molar-refractivity contribution in [2.24, 2.45) is 0 Å². The molecule has 2 aromatic rings. The smallest absolute Gasteiger partial charge is 0.305 e. The van der Waals surface area contributed by atoms with Crippen LogP contribution in [-0.4, -0.2) is 28.0 Å². The van der Waals surface area contributed by atoms with Crippen LogP contribution in [0, 0.1) is 0 Å². The molecule has 1 unspecified atom stereocenters. The molecule has 0 aliphatic carbocycles. The molecule has 6 heteroatoms. The van der Waals surface area contributed by atoms with Crippen LogP contribution in [0.1, 0.15) is 30.3 Å². The van der Waals surface area contributed by atoms with Crippen LogP contribution in [0.3, 0.4) is 0 Å². The van der Waals surface area contributed by atoms with Crippen LogP contribution in [0.15, 0.2) is 35.1 Å². The lowest BCUT2D eigenvalue weighted by atomic mass is 10.1. The third kappa shape index (κ3) is 3.47. The summed E-state index contributed by atoms with van der Waals surface area (Å²) in [6.07, 6.45) is 0.343. The number of benzene rings is 1. The van der Waals surface area contributed by atoms with Gasteiger partial charge in [-0.15, -0.1) is 0 Å². The predicted octanol–water partition coefficient (Wildman–Crippen LogP) is 1.51. The van der Waals surface area contributed by atoms with Crippen molar-refractivity contribution in [1.82, 2.24) is 10.3 Å². The minimum Gasteiger partial charge on any atom is -0.481 e.